The van der Waals surface area contributed by atoms with Crippen LogP contribution in [0.15, 0.2) is 23.1 Å². The Balaban J connectivity index is 3.10. The summed E-state index contributed by atoms with van der Waals surface area (Å²) >= 11 is 0. The molecule has 23 heavy (non-hydrogen) atoms. The van der Waals surface area contributed by atoms with E-state index in [1.54, 1.807) is 20.8 Å². The summed E-state index contributed by atoms with van der Waals surface area (Å²) in [6.07, 6.45) is 0. The van der Waals surface area contributed by atoms with Crippen LogP contribution >= 0.6 is 0 Å². The van der Waals surface area contributed by atoms with E-state index < -0.39 is 26.4 Å². The van der Waals surface area contributed by atoms with E-state index in [0.717, 1.165) is 4.31 Å². The van der Waals surface area contributed by atoms with Gasteiger partial charge in [0.2, 0.25) is 15.9 Å². The highest BCUT2D eigenvalue weighted by Gasteiger charge is 2.28. The summed E-state index contributed by atoms with van der Waals surface area (Å²) in [5.74, 6) is -0.452. The maximum absolute atomic E-state index is 12.6. The first-order valence-electron chi connectivity index (χ1n) is 6.87. The van der Waals surface area contributed by atoms with Gasteiger partial charge in [-0.3, -0.25) is 14.9 Å². The van der Waals surface area contributed by atoms with E-state index >= 15 is 0 Å². The van der Waals surface area contributed by atoms with Gasteiger partial charge in [-0.05, 0) is 33.8 Å². The molecule has 0 spiro atoms. The molecule has 128 valence electrons. The summed E-state index contributed by atoms with van der Waals surface area (Å²) in [7, 11) is -2.75. The number of nitro groups is 1. The van der Waals surface area contributed by atoms with Crippen LogP contribution in [-0.2, 0) is 14.8 Å². The average molecular weight is 343 g/mol. The van der Waals surface area contributed by atoms with Crippen molar-refractivity contribution >= 4 is 21.6 Å². The lowest BCUT2D eigenvalue weighted by molar-refractivity contribution is -0.385. The topological polar surface area (TPSA) is 110 Å². The van der Waals surface area contributed by atoms with Gasteiger partial charge in [-0.25, -0.2) is 8.42 Å². The van der Waals surface area contributed by atoms with Gasteiger partial charge in [0.25, 0.3) is 5.69 Å². The largest absolute Gasteiger partial charge is 0.350 e. The van der Waals surface area contributed by atoms with Crippen molar-refractivity contribution in [3.8, 4) is 0 Å². The van der Waals surface area contributed by atoms with Crippen molar-refractivity contribution < 1.29 is 18.1 Å². The van der Waals surface area contributed by atoms with Gasteiger partial charge in [-0.2, -0.15) is 4.31 Å². The zero-order chi connectivity index (χ0) is 18.0. The van der Waals surface area contributed by atoms with Gasteiger partial charge in [0.15, 0.2) is 0 Å². The van der Waals surface area contributed by atoms with E-state index in [-0.39, 0.29) is 22.7 Å². The number of rotatable bonds is 5. The van der Waals surface area contributed by atoms with Crippen LogP contribution in [0.1, 0.15) is 26.3 Å². The van der Waals surface area contributed by atoms with Crippen molar-refractivity contribution in [3.05, 3.63) is 33.9 Å². The predicted molar refractivity (Wildman–Crippen MR) is 85.5 cm³/mol. The van der Waals surface area contributed by atoms with Crippen molar-refractivity contribution in [2.45, 2.75) is 38.1 Å². The van der Waals surface area contributed by atoms with Crippen molar-refractivity contribution in [2.24, 2.45) is 0 Å². The second-order valence-electron chi connectivity index (χ2n) is 6.22. The third-order valence-corrected chi connectivity index (χ3v) is 4.97. The summed E-state index contributed by atoms with van der Waals surface area (Å²) in [5.41, 5.74) is -0.720. The lowest BCUT2D eigenvalue weighted by Crippen LogP contribution is -2.46. The van der Waals surface area contributed by atoms with Crippen LogP contribution in [0.25, 0.3) is 0 Å². The molecule has 0 aliphatic carbocycles. The van der Waals surface area contributed by atoms with Gasteiger partial charge in [-0.15, -0.1) is 0 Å². The van der Waals surface area contributed by atoms with E-state index in [1.807, 2.05) is 0 Å². The van der Waals surface area contributed by atoms with Gasteiger partial charge >= 0.3 is 0 Å². The fraction of sp³-hybridized carbons (Fsp3) is 0.500. The molecule has 0 aliphatic heterocycles. The standard InChI is InChI=1S/C14H21N3O5S/c1-10-11(17(19)20)7-6-8-12(10)23(21,22)16(5)9-13(18)15-14(2,3)4/h6-8H,9H2,1-5H3,(H,15,18). The monoisotopic (exact) mass is 343 g/mol. The number of nitrogens with zero attached hydrogens (tertiary/aromatic N) is 2. The molecule has 1 rings (SSSR count). The lowest BCUT2D eigenvalue weighted by atomic mass is 10.1. The molecular weight excluding hydrogens is 322 g/mol. The number of hydrogen-bond acceptors (Lipinski definition) is 5. The third-order valence-electron chi connectivity index (χ3n) is 3.02. The molecule has 0 atom stereocenters. The minimum atomic E-state index is -4.01. The first-order chi connectivity index (χ1) is 10.4. The minimum absolute atomic E-state index is 0.0422. The van der Waals surface area contributed by atoms with E-state index in [9.17, 15) is 23.3 Å². The van der Waals surface area contributed by atoms with E-state index in [1.165, 1.54) is 32.2 Å². The molecule has 0 bridgehead atoms. The molecule has 0 radical (unpaired) electrons. The van der Waals surface area contributed by atoms with Gasteiger partial charge in [0, 0.05) is 24.2 Å². The minimum Gasteiger partial charge on any atom is -0.350 e. The molecule has 8 nitrogen and oxygen atoms in total. The highest BCUT2D eigenvalue weighted by Crippen LogP contribution is 2.26. The fourth-order valence-corrected chi connectivity index (χ4v) is 3.36. The van der Waals surface area contributed by atoms with Crippen molar-refractivity contribution in [1.29, 1.82) is 0 Å². The number of carbonyl (C=O) groups is 1. The summed E-state index contributed by atoms with van der Waals surface area (Å²) in [5, 5.41) is 13.6. The molecule has 0 heterocycles. The van der Waals surface area contributed by atoms with Crippen molar-refractivity contribution in [2.75, 3.05) is 13.6 Å². The van der Waals surface area contributed by atoms with Gasteiger partial charge < -0.3 is 5.32 Å². The van der Waals surface area contributed by atoms with Crippen LogP contribution in [0.3, 0.4) is 0 Å². The Morgan fingerprint density at radius 2 is 1.91 bits per heavy atom. The third kappa shape index (κ3) is 4.73. The van der Waals surface area contributed by atoms with Crippen LogP contribution in [0, 0.1) is 17.0 Å². The lowest BCUT2D eigenvalue weighted by Gasteiger charge is -2.23. The SMILES string of the molecule is Cc1c([N+](=O)[O-])cccc1S(=O)(=O)N(C)CC(=O)NC(C)(C)C. The van der Waals surface area contributed by atoms with E-state index in [0.29, 0.717) is 0 Å². The van der Waals surface area contributed by atoms with Gasteiger partial charge in [0.05, 0.1) is 16.4 Å². The van der Waals surface area contributed by atoms with E-state index in [4.69, 9.17) is 0 Å². The molecule has 0 aromatic heterocycles. The molecule has 0 unspecified atom stereocenters. The van der Waals surface area contributed by atoms with Gasteiger partial charge in [0.1, 0.15) is 0 Å². The number of sulfonamides is 1. The fourth-order valence-electron chi connectivity index (χ4n) is 1.99. The normalized spacial score (nSPS) is 12.3. The van der Waals surface area contributed by atoms with Gasteiger partial charge in [-0.1, -0.05) is 6.07 Å². The van der Waals surface area contributed by atoms with Crippen LogP contribution in [0.5, 0.6) is 0 Å². The zero-order valence-corrected chi connectivity index (χ0v) is 14.6. The quantitative estimate of drug-likeness (QED) is 0.642. The molecule has 1 aromatic carbocycles. The van der Waals surface area contributed by atoms with Crippen molar-refractivity contribution in [3.63, 3.8) is 0 Å². The molecule has 9 heteroatoms. The summed E-state index contributed by atoms with van der Waals surface area (Å²) in [6.45, 7) is 6.34. The van der Waals surface area contributed by atoms with Crippen LogP contribution < -0.4 is 5.32 Å². The molecule has 1 amide bonds. The molecule has 0 saturated carbocycles. The van der Waals surface area contributed by atoms with Crippen LogP contribution in [0.4, 0.5) is 5.69 Å². The number of nitrogens with one attached hydrogen (secondary N) is 1. The Hall–Kier alpha value is -2.00. The van der Waals surface area contributed by atoms with E-state index in [2.05, 4.69) is 5.32 Å². The zero-order valence-electron chi connectivity index (χ0n) is 13.8. The molecule has 1 N–H and O–H groups in total. The number of benzene rings is 1. The maximum Gasteiger partial charge on any atom is 0.273 e. The molecule has 0 aliphatic rings. The second-order valence-corrected chi connectivity index (χ2v) is 8.23. The summed E-state index contributed by atoms with van der Waals surface area (Å²) < 4.78 is 26.0. The Labute approximate surface area is 135 Å². The van der Waals surface area contributed by atoms with Crippen molar-refractivity contribution in [1.82, 2.24) is 9.62 Å². The smallest absolute Gasteiger partial charge is 0.273 e. The Morgan fingerprint density at radius 3 is 2.39 bits per heavy atom. The first kappa shape index (κ1) is 19.0. The molecule has 1 aromatic rings. The first-order valence-corrected chi connectivity index (χ1v) is 8.31. The van der Waals surface area contributed by atoms with Crippen LogP contribution in [0.2, 0.25) is 0 Å². The second kappa shape index (κ2) is 6.63. The molecule has 0 saturated heterocycles. The highest BCUT2D eigenvalue weighted by molar-refractivity contribution is 7.89. The predicted octanol–water partition coefficient (Wildman–Crippen LogP) is 1.44. The number of amides is 1. The maximum atomic E-state index is 12.6. The number of carbonyl (C=O) groups excluding carboxylic acids is 1. The summed E-state index contributed by atoms with van der Waals surface area (Å²) in [4.78, 5) is 22.0. The average Bonchev–Trinajstić information content (AvgIpc) is 2.35. The number of likely N-dealkylation sites (N-methyl/N-ethyl adjacent to an activating group) is 1. The number of nitro benzene ring substituents is 1. The Bertz CT molecular complexity index is 722. The Kier molecular flexibility index (Phi) is 5.49. The number of hydrogen-bond donors (Lipinski definition) is 1. The molecule has 0 fully saturated rings. The molecular formula is C14H21N3O5S. The van der Waals surface area contributed by atoms with Crippen LogP contribution in [-0.4, -0.2) is 42.7 Å². The Morgan fingerprint density at radius 1 is 1.35 bits per heavy atom. The summed E-state index contributed by atoms with van der Waals surface area (Å²) in [6, 6.07) is 3.83. The highest BCUT2D eigenvalue weighted by atomic mass is 32.2.